The Hall–Kier alpha value is -1.22. The molecule has 0 aromatic heterocycles. The molecule has 0 aliphatic carbocycles. The Bertz CT molecular complexity index is 306. The smallest absolute Gasteiger partial charge is 0.305 e. The van der Waals surface area contributed by atoms with E-state index in [0.29, 0.717) is 0 Å². The summed E-state index contributed by atoms with van der Waals surface area (Å²) in [5.74, 6) is -1.22. The van der Waals surface area contributed by atoms with Crippen molar-refractivity contribution in [2.45, 2.75) is 51.1 Å². The fourth-order valence-corrected chi connectivity index (χ4v) is 1.29. The highest BCUT2D eigenvalue weighted by atomic mass is 16.6. The minimum Gasteiger partial charge on any atom is -0.462 e. The highest BCUT2D eigenvalue weighted by Crippen LogP contribution is 2.10. The lowest BCUT2D eigenvalue weighted by Crippen LogP contribution is -2.49. The summed E-state index contributed by atoms with van der Waals surface area (Å²) in [4.78, 5) is 22.3. The van der Waals surface area contributed by atoms with Crippen molar-refractivity contribution < 1.29 is 39.5 Å². The van der Waals surface area contributed by atoms with Gasteiger partial charge >= 0.3 is 11.9 Å². The fourth-order valence-electron chi connectivity index (χ4n) is 1.29. The Morgan fingerprint density at radius 3 is 2.00 bits per heavy atom. The predicted molar refractivity (Wildman–Crippen MR) is 66.5 cm³/mol. The highest BCUT2D eigenvalue weighted by molar-refractivity contribution is 5.70. The van der Waals surface area contributed by atoms with Gasteiger partial charge in [0.1, 0.15) is 24.9 Å². The summed E-state index contributed by atoms with van der Waals surface area (Å²) in [6, 6.07) is 0. The minimum absolute atomic E-state index is 0.0313. The molecule has 0 aliphatic heterocycles. The number of hydrogen-bond acceptors (Lipinski definition) is 8. The van der Waals surface area contributed by atoms with Gasteiger partial charge in [-0.1, -0.05) is 13.8 Å². The monoisotopic (exact) mass is 294 g/mol. The van der Waals surface area contributed by atoms with E-state index < -0.39 is 49.6 Å². The maximum absolute atomic E-state index is 11.2. The minimum atomic E-state index is -1.74. The second kappa shape index (κ2) is 9.65. The molecule has 0 spiro atoms. The molecule has 4 N–H and O–H groups in total. The van der Waals surface area contributed by atoms with Gasteiger partial charge in [0.2, 0.25) is 0 Å². The van der Waals surface area contributed by atoms with Crippen LogP contribution in [0.2, 0.25) is 0 Å². The molecule has 0 aromatic carbocycles. The predicted octanol–water partition coefficient (Wildman–Crippen LogP) is -1.66. The average Bonchev–Trinajstić information content (AvgIpc) is 2.47. The third-order valence-electron chi connectivity index (χ3n) is 2.58. The van der Waals surface area contributed by atoms with Gasteiger partial charge < -0.3 is 29.9 Å². The van der Waals surface area contributed by atoms with Crippen molar-refractivity contribution in [2.24, 2.45) is 0 Å². The number of carbonyl (C=O) groups excluding carboxylic acids is 2. The number of aliphatic hydroxyl groups excluding tert-OH is 4. The molecule has 0 aromatic rings. The van der Waals surface area contributed by atoms with Crippen LogP contribution in [0.3, 0.4) is 0 Å². The first-order chi connectivity index (χ1) is 9.37. The van der Waals surface area contributed by atoms with Crippen LogP contribution in [0.5, 0.6) is 0 Å². The summed E-state index contributed by atoms with van der Waals surface area (Å²) >= 11 is 0. The number of ether oxygens (including phenoxy) is 2. The lowest BCUT2D eigenvalue weighted by Gasteiger charge is -2.28. The molecule has 0 aliphatic rings. The van der Waals surface area contributed by atoms with Crippen molar-refractivity contribution in [2.75, 3.05) is 13.2 Å². The van der Waals surface area contributed by atoms with E-state index in [9.17, 15) is 24.9 Å². The third kappa shape index (κ3) is 6.29. The van der Waals surface area contributed by atoms with Gasteiger partial charge in [-0.25, -0.2) is 0 Å². The van der Waals surface area contributed by atoms with Crippen LogP contribution in [-0.4, -0.2) is 70.0 Å². The molecule has 0 saturated heterocycles. The summed E-state index contributed by atoms with van der Waals surface area (Å²) in [5.41, 5.74) is 0. The van der Waals surface area contributed by atoms with Gasteiger partial charge in [-0.05, 0) is 0 Å². The summed E-state index contributed by atoms with van der Waals surface area (Å²) in [7, 11) is 0. The van der Waals surface area contributed by atoms with Crippen LogP contribution < -0.4 is 0 Å². The maximum Gasteiger partial charge on any atom is 0.305 e. The Labute approximate surface area is 116 Å². The number of aliphatic hydroxyl groups is 4. The van der Waals surface area contributed by atoms with Crippen molar-refractivity contribution in [1.82, 2.24) is 0 Å². The number of rotatable bonds is 9. The average molecular weight is 294 g/mol. The quantitative estimate of drug-likeness (QED) is 0.371. The van der Waals surface area contributed by atoms with Crippen LogP contribution in [-0.2, 0) is 19.1 Å². The van der Waals surface area contributed by atoms with Gasteiger partial charge in [0.15, 0.2) is 6.10 Å². The van der Waals surface area contributed by atoms with Gasteiger partial charge in [-0.2, -0.15) is 0 Å². The lowest BCUT2D eigenvalue weighted by atomic mass is 10.0. The van der Waals surface area contributed by atoms with E-state index in [2.05, 4.69) is 0 Å². The highest BCUT2D eigenvalue weighted by Gasteiger charge is 2.34. The maximum atomic E-state index is 11.2. The molecule has 8 nitrogen and oxygen atoms in total. The van der Waals surface area contributed by atoms with Crippen molar-refractivity contribution in [3.05, 3.63) is 0 Å². The zero-order chi connectivity index (χ0) is 15.7. The van der Waals surface area contributed by atoms with Gasteiger partial charge in [0.25, 0.3) is 0 Å². The SMILES string of the molecule is CCC(=O)OC[C@@H](OC(=O)CC)[C@H](O)[C@@H](O)[C@@H](O)CO. The van der Waals surface area contributed by atoms with E-state index in [4.69, 9.17) is 14.6 Å². The molecule has 0 unspecified atom stereocenters. The summed E-state index contributed by atoms with van der Waals surface area (Å²) in [5, 5.41) is 37.4. The Morgan fingerprint density at radius 1 is 1.00 bits per heavy atom. The van der Waals surface area contributed by atoms with E-state index in [-0.39, 0.29) is 12.8 Å². The van der Waals surface area contributed by atoms with Crippen molar-refractivity contribution in [1.29, 1.82) is 0 Å². The molecule has 4 atom stereocenters. The molecule has 0 heterocycles. The standard InChI is InChI=1S/C12H22O8/c1-3-9(15)19-6-8(20-10(16)4-2)12(18)11(17)7(14)5-13/h7-8,11-14,17-18H,3-6H2,1-2H3/t7-,8+,11-,12-/m0/s1. The van der Waals surface area contributed by atoms with E-state index in [1.54, 1.807) is 6.92 Å². The molecule has 0 amide bonds. The molecule has 0 saturated carbocycles. The molecule has 0 bridgehead atoms. The summed E-state index contributed by atoms with van der Waals surface area (Å²) in [6.45, 7) is 1.87. The first-order valence-corrected chi connectivity index (χ1v) is 6.37. The topological polar surface area (TPSA) is 134 Å². The van der Waals surface area contributed by atoms with Crippen molar-refractivity contribution in [3.63, 3.8) is 0 Å². The third-order valence-corrected chi connectivity index (χ3v) is 2.58. The van der Waals surface area contributed by atoms with Gasteiger partial charge in [0, 0.05) is 12.8 Å². The summed E-state index contributed by atoms with van der Waals surface area (Å²) in [6.07, 6.45) is -6.23. The number of esters is 2. The second-order valence-electron chi connectivity index (χ2n) is 4.15. The van der Waals surface area contributed by atoms with Crippen LogP contribution in [0.4, 0.5) is 0 Å². The molecular formula is C12H22O8. The van der Waals surface area contributed by atoms with E-state index in [0.717, 1.165) is 0 Å². The van der Waals surface area contributed by atoms with Crippen LogP contribution in [0.25, 0.3) is 0 Å². The van der Waals surface area contributed by atoms with Gasteiger partial charge in [0.05, 0.1) is 6.61 Å². The van der Waals surface area contributed by atoms with Crippen LogP contribution in [0.15, 0.2) is 0 Å². The van der Waals surface area contributed by atoms with Crippen molar-refractivity contribution in [3.8, 4) is 0 Å². The molecule has 118 valence electrons. The summed E-state index contributed by atoms with van der Waals surface area (Å²) < 4.78 is 9.61. The molecule has 8 heteroatoms. The van der Waals surface area contributed by atoms with Crippen LogP contribution in [0, 0.1) is 0 Å². The molecule has 0 radical (unpaired) electrons. The first kappa shape index (κ1) is 18.8. The Kier molecular flexibility index (Phi) is 9.06. The molecular weight excluding hydrogens is 272 g/mol. The van der Waals surface area contributed by atoms with Crippen LogP contribution >= 0.6 is 0 Å². The second-order valence-corrected chi connectivity index (χ2v) is 4.15. The Balaban J connectivity index is 4.72. The van der Waals surface area contributed by atoms with Gasteiger partial charge in [-0.15, -0.1) is 0 Å². The molecule has 0 fully saturated rings. The largest absolute Gasteiger partial charge is 0.462 e. The first-order valence-electron chi connectivity index (χ1n) is 6.37. The van der Waals surface area contributed by atoms with E-state index in [1.807, 2.05) is 0 Å². The zero-order valence-corrected chi connectivity index (χ0v) is 11.6. The van der Waals surface area contributed by atoms with E-state index >= 15 is 0 Å². The number of carbonyl (C=O) groups is 2. The van der Waals surface area contributed by atoms with E-state index in [1.165, 1.54) is 6.92 Å². The zero-order valence-electron chi connectivity index (χ0n) is 11.6. The number of hydrogen-bond donors (Lipinski definition) is 4. The van der Waals surface area contributed by atoms with Crippen LogP contribution in [0.1, 0.15) is 26.7 Å². The normalized spacial score (nSPS) is 16.9. The molecule has 0 rings (SSSR count). The van der Waals surface area contributed by atoms with Crippen molar-refractivity contribution >= 4 is 11.9 Å². The Morgan fingerprint density at radius 2 is 1.55 bits per heavy atom. The lowest BCUT2D eigenvalue weighted by molar-refractivity contribution is -0.177. The molecule has 20 heavy (non-hydrogen) atoms. The van der Waals surface area contributed by atoms with Gasteiger partial charge in [-0.3, -0.25) is 9.59 Å². The fraction of sp³-hybridized carbons (Fsp3) is 0.833.